The lowest BCUT2D eigenvalue weighted by Gasteiger charge is -2.09. The third-order valence-corrected chi connectivity index (χ3v) is 1.90. The van der Waals surface area contributed by atoms with Crippen molar-refractivity contribution in [1.29, 1.82) is 0 Å². The third-order valence-electron chi connectivity index (χ3n) is 1.90. The molecule has 15 heavy (non-hydrogen) atoms. The molecular weight excluding hydrogens is 190 g/mol. The predicted octanol–water partition coefficient (Wildman–Crippen LogP) is 2.63. The lowest BCUT2D eigenvalue weighted by Crippen LogP contribution is -2.30. The molecule has 0 fully saturated rings. The van der Waals surface area contributed by atoms with E-state index in [2.05, 4.69) is 5.32 Å². The minimum absolute atomic E-state index is 0.107. The highest BCUT2D eigenvalue weighted by Gasteiger charge is 2.03. The molecule has 1 rings (SSSR count). The Labute approximate surface area is 90.4 Å². The van der Waals surface area contributed by atoms with Crippen LogP contribution in [0.5, 0.6) is 0 Å². The van der Waals surface area contributed by atoms with Gasteiger partial charge in [-0.2, -0.15) is 0 Å². The molecule has 1 N–H and O–H groups in total. The van der Waals surface area contributed by atoms with Gasteiger partial charge in [0.15, 0.2) is 0 Å². The standard InChI is InChI=1S/C12H17NO2/c1-9(2)13-12(14)15-8-11-6-4-10(3)5-7-11/h4-7,9H,8H2,1-3H3,(H,13,14). The van der Waals surface area contributed by atoms with Crippen LogP contribution in [0.1, 0.15) is 25.0 Å². The molecule has 1 aromatic carbocycles. The number of benzene rings is 1. The van der Waals surface area contributed by atoms with Crippen molar-refractivity contribution >= 4 is 6.09 Å². The van der Waals surface area contributed by atoms with E-state index >= 15 is 0 Å². The average molecular weight is 207 g/mol. The van der Waals surface area contributed by atoms with E-state index in [0.29, 0.717) is 6.61 Å². The summed E-state index contributed by atoms with van der Waals surface area (Å²) in [5.74, 6) is 0. The highest BCUT2D eigenvalue weighted by Crippen LogP contribution is 2.04. The first-order valence-electron chi connectivity index (χ1n) is 5.07. The summed E-state index contributed by atoms with van der Waals surface area (Å²) in [6.07, 6.45) is -0.370. The zero-order valence-electron chi connectivity index (χ0n) is 9.41. The molecule has 0 unspecified atom stereocenters. The number of rotatable bonds is 3. The van der Waals surface area contributed by atoms with Gasteiger partial charge in [0.25, 0.3) is 0 Å². The molecular formula is C12H17NO2. The highest BCUT2D eigenvalue weighted by atomic mass is 16.5. The second-order valence-corrected chi connectivity index (χ2v) is 3.86. The van der Waals surface area contributed by atoms with Crippen molar-refractivity contribution in [1.82, 2.24) is 5.32 Å². The Morgan fingerprint density at radius 1 is 1.33 bits per heavy atom. The fraction of sp³-hybridized carbons (Fsp3) is 0.417. The normalized spacial score (nSPS) is 10.1. The molecule has 0 heterocycles. The molecule has 0 aliphatic carbocycles. The monoisotopic (exact) mass is 207 g/mol. The van der Waals surface area contributed by atoms with Gasteiger partial charge in [0.2, 0.25) is 0 Å². The maximum absolute atomic E-state index is 11.2. The topological polar surface area (TPSA) is 38.3 Å². The molecule has 1 amide bonds. The quantitative estimate of drug-likeness (QED) is 0.827. The van der Waals surface area contributed by atoms with Crippen LogP contribution in [-0.2, 0) is 11.3 Å². The average Bonchev–Trinajstić information content (AvgIpc) is 2.16. The maximum atomic E-state index is 11.2. The number of ether oxygens (including phenoxy) is 1. The molecule has 0 radical (unpaired) electrons. The van der Waals surface area contributed by atoms with Crippen LogP contribution in [0, 0.1) is 6.92 Å². The number of hydrogen-bond acceptors (Lipinski definition) is 2. The van der Waals surface area contributed by atoms with Gasteiger partial charge in [0, 0.05) is 6.04 Å². The fourth-order valence-corrected chi connectivity index (χ4v) is 1.11. The molecule has 0 saturated carbocycles. The van der Waals surface area contributed by atoms with Crippen molar-refractivity contribution in [2.24, 2.45) is 0 Å². The summed E-state index contributed by atoms with van der Waals surface area (Å²) in [5, 5.41) is 2.66. The summed E-state index contributed by atoms with van der Waals surface area (Å²) in [7, 11) is 0. The molecule has 0 atom stereocenters. The fourth-order valence-electron chi connectivity index (χ4n) is 1.11. The number of alkyl carbamates (subject to hydrolysis) is 1. The molecule has 0 aromatic heterocycles. The summed E-state index contributed by atoms with van der Waals surface area (Å²) >= 11 is 0. The first-order valence-corrected chi connectivity index (χ1v) is 5.07. The van der Waals surface area contributed by atoms with Crippen LogP contribution in [0.15, 0.2) is 24.3 Å². The summed E-state index contributed by atoms with van der Waals surface area (Å²) in [5.41, 5.74) is 2.20. The summed E-state index contributed by atoms with van der Waals surface area (Å²) < 4.78 is 5.03. The first-order chi connectivity index (χ1) is 7.08. The van der Waals surface area contributed by atoms with Crippen LogP contribution < -0.4 is 5.32 Å². The van der Waals surface area contributed by atoms with E-state index in [4.69, 9.17) is 4.74 Å². The Hall–Kier alpha value is -1.51. The van der Waals surface area contributed by atoms with Gasteiger partial charge in [0.1, 0.15) is 6.61 Å². The van der Waals surface area contributed by atoms with E-state index < -0.39 is 0 Å². The van der Waals surface area contributed by atoms with Crippen molar-refractivity contribution in [2.75, 3.05) is 0 Å². The summed E-state index contributed by atoms with van der Waals surface area (Å²) in [6.45, 7) is 6.13. The van der Waals surface area contributed by atoms with Crippen LogP contribution in [0.4, 0.5) is 4.79 Å². The Morgan fingerprint density at radius 2 is 1.93 bits per heavy atom. The second kappa shape index (κ2) is 5.39. The lowest BCUT2D eigenvalue weighted by atomic mass is 10.2. The maximum Gasteiger partial charge on any atom is 0.407 e. The summed E-state index contributed by atoms with van der Waals surface area (Å²) in [6, 6.07) is 8.02. The van der Waals surface area contributed by atoms with E-state index in [1.165, 1.54) is 5.56 Å². The van der Waals surface area contributed by atoms with E-state index in [0.717, 1.165) is 5.56 Å². The molecule has 0 aliphatic rings. The zero-order valence-corrected chi connectivity index (χ0v) is 9.41. The number of aryl methyl sites for hydroxylation is 1. The van der Waals surface area contributed by atoms with Gasteiger partial charge in [-0.15, -0.1) is 0 Å². The minimum Gasteiger partial charge on any atom is -0.445 e. The van der Waals surface area contributed by atoms with Crippen molar-refractivity contribution in [3.63, 3.8) is 0 Å². The molecule has 3 heteroatoms. The molecule has 0 spiro atoms. The van der Waals surface area contributed by atoms with Gasteiger partial charge in [0.05, 0.1) is 0 Å². The minimum atomic E-state index is -0.370. The van der Waals surface area contributed by atoms with Gasteiger partial charge in [-0.1, -0.05) is 29.8 Å². The highest BCUT2D eigenvalue weighted by molar-refractivity contribution is 5.67. The van der Waals surface area contributed by atoms with Gasteiger partial charge in [-0.3, -0.25) is 0 Å². The van der Waals surface area contributed by atoms with Crippen LogP contribution in [0.2, 0.25) is 0 Å². The van der Waals surface area contributed by atoms with Gasteiger partial charge >= 0.3 is 6.09 Å². The third kappa shape index (κ3) is 4.49. The summed E-state index contributed by atoms with van der Waals surface area (Å²) in [4.78, 5) is 11.2. The first kappa shape index (κ1) is 11.6. The number of carbonyl (C=O) groups is 1. The Balaban J connectivity index is 2.37. The van der Waals surface area contributed by atoms with Crippen molar-refractivity contribution in [3.05, 3.63) is 35.4 Å². The van der Waals surface area contributed by atoms with Crippen LogP contribution in [-0.4, -0.2) is 12.1 Å². The smallest absolute Gasteiger partial charge is 0.407 e. The van der Waals surface area contributed by atoms with Crippen molar-refractivity contribution in [2.45, 2.75) is 33.4 Å². The van der Waals surface area contributed by atoms with E-state index in [1.807, 2.05) is 45.0 Å². The second-order valence-electron chi connectivity index (χ2n) is 3.86. The Morgan fingerprint density at radius 3 is 2.47 bits per heavy atom. The molecule has 0 bridgehead atoms. The largest absolute Gasteiger partial charge is 0.445 e. The molecule has 0 saturated heterocycles. The number of amides is 1. The molecule has 82 valence electrons. The molecule has 3 nitrogen and oxygen atoms in total. The number of nitrogens with one attached hydrogen (secondary N) is 1. The number of hydrogen-bond donors (Lipinski definition) is 1. The van der Waals surface area contributed by atoms with Gasteiger partial charge in [-0.25, -0.2) is 4.79 Å². The van der Waals surface area contributed by atoms with Gasteiger partial charge < -0.3 is 10.1 Å². The Bertz CT molecular complexity index is 317. The molecule has 1 aromatic rings. The van der Waals surface area contributed by atoms with E-state index in [9.17, 15) is 4.79 Å². The van der Waals surface area contributed by atoms with E-state index in [-0.39, 0.29) is 12.1 Å². The van der Waals surface area contributed by atoms with Crippen LogP contribution in [0.3, 0.4) is 0 Å². The lowest BCUT2D eigenvalue weighted by molar-refractivity contribution is 0.137. The Kier molecular flexibility index (Phi) is 4.16. The molecule has 0 aliphatic heterocycles. The van der Waals surface area contributed by atoms with E-state index in [1.54, 1.807) is 0 Å². The van der Waals surface area contributed by atoms with Crippen LogP contribution in [0.25, 0.3) is 0 Å². The van der Waals surface area contributed by atoms with Gasteiger partial charge in [-0.05, 0) is 26.3 Å². The predicted molar refractivity (Wildman–Crippen MR) is 59.6 cm³/mol. The number of carbonyl (C=O) groups excluding carboxylic acids is 1. The zero-order chi connectivity index (χ0) is 11.3. The van der Waals surface area contributed by atoms with Crippen LogP contribution >= 0.6 is 0 Å². The van der Waals surface area contributed by atoms with Crippen molar-refractivity contribution in [3.8, 4) is 0 Å². The van der Waals surface area contributed by atoms with Crippen molar-refractivity contribution < 1.29 is 9.53 Å². The SMILES string of the molecule is Cc1ccc(COC(=O)NC(C)C)cc1.